The summed E-state index contributed by atoms with van der Waals surface area (Å²) in [6, 6.07) is 18.4. The van der Waals surface area contributed by atoms with Gasteiger partial charge in [0.15, 0.2) is 15.6 Å². The second kappa shape index (κ2) is 9.58. The minimum Gasteiger partial charge on any atom is -0.506 e. The van der Waals surface area contributed by atoms with Crippen LogP contribution in [0.15, 0.2) is 78.0 Å². The summed E-state index contributed by atoms with van der Waals surface area (Å²) in [4.78, 5) is 13.6. The summed E-state index contributed by atoms with van der Waals surface area (Å²) >= 11 is 0. The number of ketones is 1. The van der Waals surface area contributed by atoms with Crippen LogP contribution in [-0.4, -0.2) is 25.6 Å². The number of anilines is 1. The van der Waals surface area contributed by atoms with E-state index in [0.29, 0.717) is 23.4 Å². The smallest absolute Gasteiger partial charge is 0.161 e. The number of phenolic OH excluding ortho intramolecular Hbond substituents is 1. The molecule has 1 aliphatic heterocycles. The van der Waals surface area contributed by atoms with Crippen molar-refractivity contribution >= 4 is 21.3 Å². The summed E-state index contributed by atoms with van der Waals surface area (Å²) in [6.45, 7) is 4.15. The molecule has 2 unspecified atom stereocenters. The standard InChI is InChI=1S/C30H30FNO5S/c1-30(2)15-23-27(25(34)16-30)26(29(38(3,35)36)21-10-7-11-24(33)28(21)32-23)20-13-12-19(14-22(20)31)37-17-18-8-5-4-6-9-18/h4-14,26,29,32-33H,15-17H2,1-3H3. The fourth-order valence-corrected chi connectivity index (χ4v) is 7.04. The number of hydrogen-bond donors (Lipinski definition) is 2. The van der Waals surface area contributed by atoms with Crippen molar-refractivity contribution in [2.45, 2.75) is 44.5 Å². The van der Waals surface area contributed by atoms with E-state index in [4.69, 9.17) is 4.74 Å². The highest BCUT2D eigenvalue weighted by molar-refractivity contribution is 7.91. The number of ether oxygens (including phenoxy) is 1. The minimum absolute atomic E-state index is 0.0889. The van der Waals surface area contributed by atoms with Crippen molar-refractivity contribution in [3.8, 4) is 11.5 Å². The first-order valence-electron chi connectivity index (χ1n) is 12.4. The van der Waals surface area contributed by atoms with Crippen LogP contribution < -0.4 is 10.1 Å². The van der Waals surface area contributed by atoms with Gasteiger partial charge >= 0.3 is 0 Å². The lowest BCUT2D eigenvalue weighted by Crippen LogP contribution is -2.32. The highest BCUT2D eigenvalue weighted by atomic mass is 32.2. The molecule has 0 radical (unpaired) electrons. The van der Waals surface area contributed by atoms with Crippen molar-refractivity contribution in [2.75, 3.05) is 11.6 Å². The zero-order valence-corrected chi connectivity index (χ0v) is 22.3. The molecule has 0 saturated carbocycles. The molecule has 0 aromatic heterocycles. The fourth-order valence-electron chi connectivity index (χ4n) is 5.61. The molecule has 6 nitrogen and oxygen atoms in total. The van der Waals surface area contributed by atoms with Crippen LogP contribution in [0.2, 0.25) is 0 Å². The number of rotatable bonds is 5. The van der Waals surface area contributed by atoms with Gasteiger partial charge < -0.3 is 15.2 Å². The zero-order chi connectivity index (χ0) is 27.2. The van der Waals surface area contributed by atoms with Crippen LogP contribution in [0.4, 0.5) is 10.1 Å². The quantitative estimate of drug-likeness (QED) is 0.387. The summed E-state index contributed by atoms with van der Waals surface area (Å²) in [5.41, 5.74) is 1.89. The molecular formula is C30H30FNO5S. The Kier molecular flexibility index (Phi) is 6.55. The van der Waals surface area contributed by atoms with E-state index in [2.05, 4.69) is 5.32 Å². The minimum atomic E-state index is -3.89. The molecule has 198 valence electrons. The first-order valence-corrected chi connectivity index (χ1v) is 14.4. The maximum Gasteiger partial charge on any atom is 0.161 e. The Bertz CT molecular complexity index is 1550. The van der Waals surface area contributed by atoms with Crippen LogP contribution in [-0.2, 0) is 21.2 Å². The number of fused-ring (bicyclic) bond motifs is 1. The van der Waals surface area contributed by atoms with E-state index in [-0.39, 0.29) is 41.4 Å². The molecule has 0 fully saturated rings. The number of carbonyl (C=O) groups is 1. The number of hydrogen-bond acceptors (Lipinski definition) is 6. The Morgan fingerprint density at radius 3 is 2.45 bits per heavy atom. The van der Waals surface area contributed by atoms with Crippen molar-refractivity contribution < 1.29 is 27.4 Å². The molecule has 0 amide bonds. The SMILES string of the molecule is CC1(C)CC(=O)C2=C(C1)Nc1c(O)cccc1C(S(C)(=O)=O)C2c1ccc(OCc2ccccc2)cc1F. The topological polar surface area (TPSA) is 92.7 Å². The molecule has 2 aliphatic rings. The molecule has 5 rings (SSSR count). The van der Waals surface area contributed by atoms with E-state index in [1.165, 1.54) is 18.2 Å². The Morgan fingerprint density at radius 1 is 1.03 bits per heavy atom. The van der Waals surface area contributed by atoms with Crippen LogP contribution in [0.3, 0.4) is 0 Å². The van der Waals surface area contributed by atoms with E-state index in [1.54, 1.807) is 18.2 Å². The number of aromatic hydroxyl groups is 1. The van der Waals surface area contributed by atoms with Crippen LogP contribution in [0, 0.1) is 11.2 Å². The van der Waals surface area contributed by atoms with Crippen LogP contribution >= 0.6 is 0 Å². The summed E-state index contributed by atoms with van der Waals surface area (Å²) in [5.74, 6) is -1.85. The molecule has 0 bridgehead atoms. The van der Waals surface area contributed by atoms with Gasteiger partial charge in [0, 0.05) is 35.9 Å². The number of benzene rings is 3. The van der Waals surface area contributed by atoms with Crippen LogP contribution in [0.5, 0.6) is 11.5 Å². The molecule has 3 aromatic carbocycles. The Balaban J connectivity index is 1.66. The van der Waals surface area contributed by atoms with E-state index in [1.807, 2.05) is 44.2 Å². The van der Waals surface area contributed by atoms with Gasteiger partial charge in [-0.05, 0) is 40.7 Å². The molecule has 0 spiro atoms. The molecule has 8 heteroatoms. The van der Waals surface area contributed by atoms with E-state index in [0.717, 1.165) is 11.8 Å². The van der Waals surface area contributed by atoms with Gasteiger partial charge in [-0.1, -0.05) is 62.4 Å². The Morgan fingerprint density at radius 2 is 1.76 bits per heavy atom. The maximum atomic E-state index is 15.9. The molecular weight excluding hydrogens is 505 g/mol. The van der Waals surface area contributed by atoms with Gasteiger partial charge in [0.25, 0.3) is 0 Å². The van der Waals surface area contributed by atoms with Gasteiger partial charge in [0.05, 0.1) is 10.9 Å². The van der Waals surface area contributed by atoms with Crippen molar-refractivity contribution in [3.05, 3.63) is 101 Å². The van der Waals surface area contributed by atoms with Crippen molar-refractivity contribution in [1.29, 1.82) is 0 Å². The number of halogens is 1. The van der Waals surface area contributed by atoms with Gasteiger partial charge in [-0.25, -0.2) is 12.8 Å². The van der Waals surface area contributed by atoms with E-state index >= 15 is 4.39 Å². The average molecular weight is 536 g/mol. The lowest BCUT2D eigenvalue weighted by Gasteiger charge is -2.35. The molecule has 38 heavy (non-hydrogen) atoms. The highest BCUT2D eigenvalue weighted by Crippen LogP contribution is 2.54. The lowest BCUT2D eigenvalue weighted by molar-refractivity contribution is -0.118. The normalized spacial score (nSPS) is 20.7. The first-order chi connectivity index (χ1) is 17.9. The molecule has 1 heterocycles. The zero-order valence-electron chi connectivity index (χ0n) is 21.5. The Hall–Kier alpha value is -3.65. The highest BCUT2D eigenvalue weighted by Gasteiger charge is 2.47. The molecule has 0 saturated heterocycles. The van der Waals surface area contributed by atoms with Gasteiger partial charge in [0.1, 0.15) is 23.9 Å². The molecule has 3 aromatic rings. The van der Waals surface area contributed by atoms with Gasteiger partial charge in [-0.2, -0.15) is 0 Å². The largest absolute Gasteiger partial charge is 0.506 e. The van der Waals surface area contributed by atoms with Gasteiger partial charge in [-0.3, -0.25) is 4.79 Å². The second-order valence-electron chi connectivity index (χ2n) is 10.9. The van der Waals surface area contributed by atoms with Gasteiger partial charge in [0.2, 0.25) is 0 Å². The van der Waals surface area contributed by atoms with Crippen molar-refractivity contribution in [2.24, 2.45) is 5.41 Å². The third-order valence-corrected chi connectivity index (χ3v) is 8.66. The predicted molar refractivity (Wildman–Crippen MR) is 144 cm³/mol. The third-order valence-electron chi connectivity index (χ3n) is 7.21. The fraction of sp³-hybridized carbons (Fsp3) is 0.300. The van der Waals surface area contributed by atoms with Gasteiger partial charge in [-0.15, -0.1) is 0 Å². The number of carbonyl (C=O) groups excluding carboxylic acids is 1. The van der Waals surface area contributed by atoms with Crippen molar-refractivity contribution in [1.82, 2.24) is 0 Å². The predicted octanol–water partition coefficient (Wildman–Crippen LogP) is 6.05. The number of sulfone groups is 1. The number of phenols is 1. The molecule has 1 aliphatic carbocycles. The van der Waals surface area contributed by atoms with Crippen molar-refractivity contribution in [3.63, 3.8) is 0 Å². The second-order valence-corrected chi connectivity index (χ2v) is 13.1. The van der Waals surface area contributed by atoms with Crippen LogP contribution in [0.1, 0.15) is 54.5 Å². The summed E-state index contributed by atoms with van der Waals surface area (Å²) < 4.78 is 48.4. The lowest BCUT2D eigenvalue weighted by atomic mass is 9.71. The number of Topliss-reactive ketones (excluding diaryl/α,β-unsaturated/α-hetero) is 1. The van der Waals surface area contributed by atoms with Crippen LogP contribution in [0.25, 0.3) is 0 Å². The maximum absolute atomic E-state index is 15.9. The number of nitrogens with one attached hydrogen (secondary N) is 1. The average Bonchev–Trinajstić information content (AvgIpc) is 2.98. The summed E-state index contributed by atoms with van der Waals surface area (Å²) in [5, 5.41) is 12.6. The molecule has 2 atom stereocenters. The number of para-hydroxylation sites is 1. The summed E-state index contributed by atoms with van der Waals surface area (Å²) in [7, 11) is -3.89. The molecule has 2 N–H and O–H groups in total. The van der Waals surface area contributed by atoms with E-state index < -0.39 is 32.2 Å². The number of allylic oxidation sites excluding steroid dienone is 2. The third kappa shape index (κ3) is 4.92. The monoisotopic (exact) mass is 535 g/mol. The Labute approximate surface area is 222 Å². The first kappa shape index (κ1) is 26.0. The van der Waals surface area contributed by atoms with E-state index in [9.17, 15) is 18.3 Å². The summed E-state index contributed by atoms with van der Waals surface area (Å²) in [6.07, 6.45) is 1.72.